The molecule has 5 nitrogen and oxygen atoms in total. The third-order valence-electron chi connectivity index (χ3n) is 4.16. The van der Waals surface area contributed by atoms with Gasteiger partial charge in [0.1, 0.15) is 5.60 Å². The summed E-state index contributed by atoms with van der Waals surface area (Å²) in [6, 6.07) is 6.77. The molecule has 1 aliphatic rings. The predicted octanol–water partition coefficient (Wildman–Crippen LogP) is 2.51. The minimum atomic E-state index is -3.58. The molecular weight excluding hydrogens is 314 g/mol. The molecule has 1 saturated heterocycles. The maximum absolute atomic E-state index is 12.8. The van der Waals surface area contributed by atoms with E-state index in [-0.39, 0.29) is 29.9 Å². The van der Waals surface area contributed by atoms with Gasteiger partial charge in [-0.2, -0.15) is 4.31 Å². The number of carbonyl (C=O) groups excluding carboxylic acids is 1. The van der Waals surface area contributed by atoms with Crippen molar-refractivity contribution in [1.29, 1.82) is 0 Å². The Morgan fingerprint density at radius 1 is 1.30 bits per heavy atom. The van der Waals surface area contributed by atoms with E-state index in [1.54, 1.807) is 38.1 Å². The number of ether oxygens (including phenoxy) is 1. The van der Waals surface area contributed by atoms with Gasteiger partial charge in [-0.05, 0) is 32.9 Å². The second kappa shape index (κ2) is 6.09. The molecule has 23 heavy (non-hydrogen) atoms. The average Bonchev–Trinajstić information content (AvgIpc) is 2.81. The quantitative estimate of drug-likeness (QED) is 0.625. The van der Waals surface area contributed by atoms with Crippen molar-refractivity contribution in [3.63, 3.8) is 0 Å². The number of sulfonamides is 1. The van der Waals surface area contributed by atoms with Crippen LogP contribution in [0, 0.1) is 12.8 Å². The highest BCUT2D eigenvalue weighted by atomic mass is 32.2. The lowest BCUT2D eigenvalue weighted by Crippen LogP contribution is -2.39. The van der Waals surface area contributed by atoms with Crippen molar-refractivity contribution in [1.82, 2.24) is 4.31 Å². The normalized spacial score (nSPS) is 19.8. The molecule has 1 atom stereocenters. The molecule has 2 rings (SSSR count). The van der Waals surface area contributed by atoms with Crippen LogP contribution in [0.3, 0.4) is 0 Å². The largest absolute Gasteiger partial charge is 0.459 e. The van der Waals surface area contributed by atoms with Gasteiger partial charge in [0.25, 0.3) is 0 Å². The van der Waals surface area contributed by atoms with Crippen LogP contribution in [0.2, 0.25) is 0 Å². The Labute approximate surface area is 138 Å². The van der Waals surface area contributed by atoms with Crippen LogP contribution in [0.25, 0.3) is 0 Å². The van der Waals surface area contributed by atoms with Crippen molar-refractivity contribution in [2.75, 3.05) is 13.1 Å². The first-order chi connectivity index (χ1) is 10.5. The van der Waals surface area contributed by atoms with E-state index in [2.05, 4.69) is 6.58 Å². The summed E-state index contributed by atoms with van der Waals surface area (Å²) in [5, 5.41) is 0. The Morgan fingerprint density at radius 2 is 1.87 bits per heavy atom. The number of nitrogens with zero attached hydrogens (tertiary/aromatic N) is 1. The van der Waals surface area contributed by atoms with Crippen molar-refractivity contribution in [2.24, 2.45) is 5.92 Å². The van der Waals surface area contributed by atoms with Gasteiger partial charge in [-0.15, -0.1) is 0 Å². The van der Waals surface area contributed by atoms with E-state index in [0.717, 1.165) is 11.1 Å². The summed E-state index contributed by atoms with van der Waals surface area (Å²) in [4.78, 5) is 11.5. The monoisotopic (exact) mass is 337 g/mol. The van der Waals surface area contributed by atoms with Crippen LogP contribution < -0.4 is 0 Å². The third-order valence-corrected chi connectivity index (χ3v) is 5.99. The zero-order valence-electron chi connectivity index (χ0n) is 14.0. The van der Waals surface area contributed by atoms with Gasteiger partial charge >= 0.3 is 5.97 Å². The minimum Gasteiger partial charge on any atom is -0.459 e. The number of rotatable bonds is 4. The molecule has 0 spiro atoms. The Morgan fingerprint density at radius 3 is 2.39 bits per heavy atom. The van der Waals surface area contributed by atoms with Crippen LogP contribution in [-0.2, 0) is 19.6 Å². The van der Waals surface area contributed by atoms with Gasteiger partial charge in [0.2, 0.25) is 10.0 Å². The van der Waals surface area contributed by atoms with E-state index in [9.17, 15) is 13.2 Å². The lowest BCUT2D eigenvalue weighted by molar-refractivity contribution is -0.157. The molecule has 126 valence electrons. The number of aryl methyl sites for hydroxylation is 1. The second-order valence-electron chi connectivity index (χ2n) is 6.52. The molecule has 0 aliphatic carbocycles. The van der Waals surface area contributed by atoms with Crippen molar-refractivity contribution in [3.05, 3.63) is 42.0 Å². The Hall–Kier alpha value is -1.66. The summed E-state index contributed by atoms with van der Waals surface area (Å²) in [7, 11) is -3.58. The van der Waals surface area contributed by atoms with E-state index in [4.69, 9.17) is 4.74 Å². The molecule has 1 aromatic carbocycles. The summed E-state index contributed by atoms with van der Waals surface area (Å²) < 4.78 is 32.3. The molecule has 0 bridgehead atoms. The average molecular weight is 337 g/mol. The summed E-state index contributed by atoms with van der Waals surface area (Å²) in [5.74, 6) is -0.616. The standard InChI is InChI=1S/C17H23NO4S/c1-12-6-8-15(9-7-12)23(20,21)18-10-13(2)16(11-18)17(4,5)22-14(3)19/h6-9,16H,2,10-11H2,1,3-5H3. The SMILES string of the molecule is C=C1CN(S(=O)(=O)c2ccc(C)cc2)CC1C(C)(C)OC(C)=O. The molecule has 1 aliphatic heterocycles. The molecule has 0 radical (unpaired) electrons. The van der Waals surface area contributed by atoms with Gasteiger partial charge in [0, 0.05) is 25.9 Å². The van der Waals surface area contributed by atoms with Crippen LogP contribution in [0.5, 0.6) is 0 Å². The van der Waals surface area contributed by atoms with Crippen molar-refractivity contribution >= 4 is 16.0 Å². The molecule has 0 amide bonds. The lowest BCUT2D eigenvalue weighted by Gasteiger charge is -2.31. The zero-order valence-corrected chi connectivity index (χ0v) is 14.8. The number of hydrogen-bond acceptors (Lipinski definition) is 4. The smallest absolute Gasteiger partial charge is 0.303 e. The number of esters is 1. The second-order valence-corrected chi connectivity index (χ2v) is 8.46. The highest BCUT2D eigenvalue weighted by molar-refractivity contribution is 7.89. The van der Waals surface area contributed by atoms with Crippen molar-refractivity contribution < 1.29 is 17.9 Å². The fraction of sp³-hybridized carbons (Fsp3) is 0.471. The lowest BCUT2D eigenvalue weighted by atomic mass is 9.87. The Balaban J connectivity index is 2.25. The number of carbonyl (C=O) groups is 1. The maximum Gasteiger partial charge on any atom is 0.303 e. The van der Waals surface area contributed by atoms with E-state index < -0.39 is 15.6 Å². The van der Waals surface area contributed by atoms with Crippen LogP contribution in [0.1, 0.15) is 26.3 Å². The molecule has 1 fully saturated rings. The maximum atomic E-state index is 12.8. The molecule has 6 heteroatoms. The van der Waals surface area contributed by atoms with Crippen LogP contribution in [0.15, 0.2) is 41.3 Å². The van der Waals surface area contributed by atoms with Crippen LogP contribution in [-0.4, -0.2) is 37.4 Å². The number of benzene rings is 1. The Bertz CT molecular complexity index is 719. The van der Waals surface area contributed by atoms with Gasteiger partial charge in [-0.3, -0.25) is 4.79 Å². The van der Waals surface area contributed by atoms with E-state index >= 15 is 0 Å². The first kappa shape index (κ1) is 17.7. The third kappa shape index (κ3) is 3.64. The highest BCUT2D eigenvalue weighted by Crippen LogP contribution is 2.36. The van der Waals surface area contributed by atoms with E-state index in [0.29, 0.717) is 0 Å². The van der Waals surface area contributed by atoms with Crippen LogP contribution in [0.4, 0.5) is 0 Å². The fourth-order valence-corrected chi connectivity index (χ4v) is 4.39. The summed E-state index contributed by atoms with van der Waals surface area (Å²) in [6.07, 6.45) is 0. The van der Waals surface area contributed by atoms with Gasteiger partial charge in [-0.1, -0.05) is 29.8 Å². The molecule has 0 aromatic heterocycles. The first-order valence-corrected chi connectivity index (χ1v) is 8.92. The van der Waals surface area contributed by atoms with Crippen LogP contribution >= 0.6 is 0 Å². The summed E-state index contributed by atoms with van der Waals surface area (Å²) >= 11 is 0. The highest BCUT2D eigenvalue weighted by Gasteiger charge is 2.43. The molecule has 0 saturated carbocycles. The predicted molar refractivity (Wildman–Crippen MR) is 88.4 cm³/mol. The number of hydrogen-bond donors (Lipinski definition) is 0. The van der Waals surface area contributed by atoms with Gasteiger partial charge in [0.05, 0.1) is 4.90 Å². The summed E-state index contributed by atoms with van der Waals surface area (Å²) in [6.45, 7) is 11.3. The molecule has 1 aromatic rings. The zero-order chi connectivity index (χ0) is 17.4. The minimum absolute atomic E-state index is 0.230. The molecule has 1 unspecified atom stereocenters. The first-order valence-electron chi connectivity index (χ1n) is 7.48. The van der Waals surface area contributed by atoms with Gasteiger partial charge in [-0.25, -0.2) is 8.42 Å². The van der Waals surface area contributed by atoms with Gasteiger partial charge in [0.15, 0.2) is 0 Å². The molecular formula is C17H23NO4S. The van der Waals surface area contributed by atoms with Crippen molar-refractivity contribution in [3.8, 4) is 0 Å². The molecule has 1 heterocycles. The Kier molecular flexibility index (Phi) is 4.69. The summed E-state index contributed by atoms with van der Waals surface area (Å²) in [5.41, 5.74) is 0.969. The van der Waals surface area contributed by atoms with Crippen molar-refractivity contribution in [2.45, 2.75) is 38.2 Å². The topological polar surface area (TPSA) is 63.7 Å². The molecule has 0 N–H and O–H groups in total. The van der Waals surface area contributed by atoms with Gasteiger partial charge < -0.3 is 4.74 Å². The van der Waals surface area contributed by atoms with E-state index in [1.807, 2.05) is 6.92 Å². The van der Waals surface area contributed by atoms with E-state index in [1.165, 1.54) is 11.2 Å². The fourth-order valence-electron chi connectivity index (χ4n) is 2.93.